The summed E-state index contributed by atoms with van der Waals surface area (Å²) in [6, 6.07) is 9.81. The van der Waals surface area contributed by atoms with Crippen LogP contribution < -0.4 is 10.1 Å². The van der Waals surface area contributed by atoms with E-state index in [1.165, 1.54) is 0 Å². The molecule has 1 saturated heterocycles. The Morgan fingerprint density at radius 3 is 2.63 bits per heavy atom. The van der Waals surface area contributed by atoms with Crippen molar-refractivity contribution < 1.29 is 4.74 Å². The molecule has 3 rings (SSSR count). The molecule has 0 saturated carbocycles. The van der Waals surface area contributed by atoms with Gasteiger partial charge in [-0.3, -0.25) is 4.98 Å². The summed E-state index contributed by atoms with van der Waals surface area (Å²) >= 11 is 0. The van der Waals surface area contributed by atoms with Gasteiger partial charge in [-0.05, 0) is 44.1 Å². The van der Waals surface area contributed by atoms with Gasteiger partial charge in [-0.15, -0.1) is 0 Å². The molecule has 0 amide bonds. The molecule has 0 aromatic carbocycles. The minimum Gasteiger partial charge on any atom is -0.474 e. The zero-order valence-electron chi connectivity index (χ0n) is 10.7. The molecule has 0 bridgehead atoms. The third kappa shape index (κ3) is 3.09. The molecule has 4 nitrogen and oxygen atoms in total. The summed E-state index contributed by atoms with van der Waals surface area (Å²) in [5, 5.41) is 3.33. The summed E-state index contributed by atoms with van der Waals surface area (Å²) in [5.41, 5.74) is 1.99. The lowest BCUT2D eigenvalue weighted by Gasteiger charge is -2.23. The second-order valence-electron chi connectivity index (χ2n) is 4.66. The standard InChI is InChI=1S/C15H17N3O/c1-2-14(12-4-8-16-9-5-12)18-15(3-1)19-13-6-10-17-11-7-13/h1-5,8-9,13,17H,6-7,10-11H2. The lowest BCUT2D eigenvalue weighted by Crippen LogP contribution is -2.34. The molecule has 19 heavy (non-hydrogen) atoms. The van der Waals surface area contributed by atoms with Crippen LogP contribution in [0.1, 0.15) is 12.8 Å². The molecule has 3 heterocycles. The summed E-state index contributed by atoms with van der Waals surface area (Å²) in [6.07, 6.45) is 5.92. The molecule has 1 aliphatic heterocycles. The van der Waals surface area contributed by atoms with Crippen molar-refractivity contribution in [2.24, 2.45) is 0 Å². The SMILES string of the molecule is c1cc(OC2CCNCC2)nc(-c2ccncc2)c1. The van der Waals surface area contributed by atoms with Gasteiger partial charge in [0.15, 0.2) is 0 Å². The van der Waals surface area contributed by atoms with Gasteiger partial charge in [0.25, 0.3) is 0 Å². The number of nitrogens with zero attached hydrogens (tertiary/aromatic N) is 2. The van der Waals surface area contributed by atoms with Gasteiger partial charge in [0.1, 0.15) is 6.10 Å². The fraction of sp³-hybridized carbons (Fsp3) is 0.333. The van der Waals surface area contributed by atoms with Crippen molar-refractivity contribution in [2.45, 2.75) is 18.9 Å². The lowest BCUT2D eigenvalue weighted by atomic mass is 10.1. The molecular formula is C15H17N3O. The first-order valence-electron chi connectivity index (χ1n) is 6.67. The Hall–Kier alpha value is -1.94. The summed E-state index contributed by atoms with van der Waals surface area (Å²) < 4.78 is 5.95. The molecule has 4 heteroatoms. The predicted molar refractivity (Wildman–Crippen MR) is 74.0 cm³/mol. The van der Waals surface area contributed by atoms with Gasteiger partial charge < -0.3 is 10.1 Å². The molecule has 0 spiro atoms. The van der Waals surface area contributed by atoms with Gasteiger partial charge >= 0.3 is 0 Å². The minimum atomic E-state index is 0.279. The number of piperidine rings is 1. The first-order valence-corrected chi connectivity index (χ1v) is 6.67. The van der Waals surface area contributed by atoms with Crippen molar-refractivity contribution in [1.82, 2.24) is 15.3 Å². The minimum absolute atomic E-state index is 0.279. The topological polar surface area (TPSA) is 47.0 Å². The van der Waals surface area contributed by atoms with E-state index in [4.69, 9.17) is 4.74 Å². The van der Waals surface area contributed by atoms with Crippen molar-refractivity contribution in [3.63, 3.8) is 0 Å². The van der Waals surface area contributed by atoms with E-state index >= 15 is 0 Å². The number of nitrogens with one attached hydrogen (secondary N) is 1. The van der Waals surface area contributed by atoms with Crippen LogP contribution in [0.3, 0.4) is 0 Å². The molecule has 1 N–H and O–H groups in total. The van der Waals surface area contributed by atoms with E-state index in [2.05, 4.69) is 15.3 Å². The Morgan fingerprint density at radius 2 is 1.84 bits per heavy atom. The average Bonchev–Trinajstić information content (AvgIpc) is 2.49. The number of hydrogen-bond donors (Lipinski definition) is 1. The quantitative estimate of drug-likeness (QED) is 0.914. The highest BCUT2D eigenvalue weighted by molar-refractivity contribution is 5.58. The van der Waals surface area contributed by atoms with E-state index in [0.29, 0.717) is 5.88 Å². The van der Waals surface area contributed by atoms with E-state index in [-0.39, 0.29) is 6.10 Å². The fourth-order valence-corrected chi connectivity index (χ4v) is 2.25. The zero-order chi connectivity index (χ0) is 12.9. The second-order valence-corrected chi connectivity index (χ2v) is 4.66. The third-order valence-corrected chi connectivity index (χ3v) is 3.27. The first-order chi connectivity index (χ1) is 9.42. The van der Waals surface area contributed by atoms with Crippen molar-refractivity contribution in [3.05, 3.63) is 42.7 Å². The maximum Gasteiger partial charge on any atom is 0.214 e. The number of rotatable bonds is 3. The molecule has 98 valence electrons. The van der Waals surface area contributed by atoms with Crippen LogP contribution in [-0.4, -0.2) is 29.2 Å². The Kier molecular flexibility index (Phi) is 3.70. The van der Waals surface area contributed by atoms with Gasteiger partial charge in [-0.25, -0.2) is 4.98 Å². The molecule has 2 aromatic rings. The van der Waals surface area contributed by atoms with Crippen LogP contribution in [-0.2, 0) is 0 Å². The van der Waals surface area contributed by atoms with Gasteiger partial charge in [-0.1, -0.05) is 6.07 Å². The molecule has 0 radical (unpaired) electrons. The number of pyridine rings is 2. The maximum atomic E-state index is 5.95. The Labute approximate surface area is 112 Å². The Balaban J connectivity index is 1.76. The number of hydrogen-bond acceptors (Lipinski definition) is 4. The lowest BCUT2D eigenvalue weighted by molar-refractivity contribution is 0.156. The fourth-order valence-electron chi connectivity index (χ4n) is 2.25. The summed E-state index contributed by atoms with van der Waals surface area (Å²) in [7, 11) is 0. The third-order valence-electron chi connectivity index (χ3n) is 3.27. The molecule has 0 unspecified atom stereocenters. The largest absolute Gasteiger partial charge is 0.474 e. The van der Waals surface area contributed by atoms with Crippen LogP contribution in [0.5, 0.6) is 5.88 Å². The highest BCUT2D eigenvalue weighted by atomic mass is 16.5. The predicted octanol–water partition coefficient (Wildman–Crippen LogP) is 2.27. The Bertz CT molecular complexity index is 524. The van der Waals surface area contributed by atoms with Crippen LogP contribution in [0.15, 0.2) is 42.7 Å². The number of aromatic nitrogens is 2. The summed E-state index contributed by atoms with van der Waals surface area (Å²) in [4.78, 5) is 8.59. The molecule has 0 atom stereocenters. The molecule has 1 aliphatic rings. The van der Waals surface area contributed by atoms with Crippen molar-refractivity contribution in [1.29, 1.82) is 0 Å². The summed E-state index contributed by atoms with van der Waals surface area (Å²) in [5.74, 6) is 0.709. The van der Waals surface area contributed by atoms with E-state index in [9.17, 15) is 0 Å². The monoisotopic (exact) mass is 255 g/mol. The van der Waals surface area contributed by atoms with Crippen molar-refractivity contribution in [3.8, 4) is 17.1 Å². The van der Waals surface area contributed by atoms with Crippen molar-refractivity contribution >= 4 is 0 Å². The van der Waals surface area contributed by atoms with E-state index in [1.807, 2.05) is 30.3 Å². The highest BCUT2D eigenvalue weighted by Gasteiger charge is 2.15. The van der Waals surface area contributed by atoms with E-state index < -0.39 is 0 Å². The van der Waals surface area contributed by atoms with Crippen LogP contribution in [0.25, 0.3) is 11.3 Å². The molecule has 1 fully saturated rings. The zero-order valence-corrected chi connectivity index (χ0v) is 10.7. The number of ether oxygens (including phenoxy) is 1. The maximum absolute atomic E-state index is 5.95. The normalized spacial score (nSPS) is 16.2. The average molecular weight is 255 g/mol. The Morgan fingerprint density at radius 1 is 1.05 bits per heavy atom. The van der Waals surface area contributed by atoms with Crippen LogP contribution in [0, 0.1) is 0 Å². The molecule has 2 aromatic heterocycles. The van der Waals surface area contributed by atoms with Gasteiger partial charge in [0, 0.05) is 24.0 Å². The van der Waals surface area contributed by atoms with Crippen LogP contribution in [0.4, 0.5) is 0 Å². The smallest absolute Gasteiger partial charge is 0.214 e. The van der Waals surface area contributed by atoms with Crippen LogP contribution in [0.2, 0.25) is 0 Å². The summed E-state index contributed by atoms with van der Waals surface area (Å²) in [6.45, 7) is 2.05. The second kappa shape index (κ2) is 5.80. The van der Waals surface area contributed by atoms with E-state index in [1.54, 1.807) is 12.4 Å². The first kappa shape index (κ1) is 12.1. The molecular weight excluding hydrogens is 238 g/mol. The van der Waals surface area contributed by atoms with Crippen LogP contribution >= 0.6 is 0 Å². The van der Waals surface area contributed by atoms with Crippen molar-refractivity contribution in [2.75, 3.05) is 13.1 Å². The van der Waals surface area contributed by atoms with Gasteiger partial charge in [0.2, 0.25) is 5.88 Å². The highest BCUT2D eigenvalue weighted by Crippen LogP contribution is 2.20. The van der Waals surface area contributed by atoms with Gasteiger partial charge in [0.05, 0.1) is 5.69 Å². The molecule has 0 aliphatic carbocycles. The van der Waals surface area contributed by atoms with E-state index in [0.717, 1.165) is 37.2 Å². The van der Waals surface area contributed by atoms with Gasteiger partial charge in [-0.2, -0.15) is 0 Å².